The van der Waals surface area contributed by atoms with Crippen molar-refractivity contribution in [1.82, 2.24) is 5.32 Å². The van der Waals surface area contributed by atoms with Crippen molar-refractivity contribution in [2.75, 3.05) is 7.11 Å². The molecule has 1 atom stereocenters. The van der Waals surface area contributed by atoms with Gasteiger partial charge in [0.2, 0.25) is 0 Å². The van der Waals surface area contributed by atoms with Crippen molar-refractivity contribution >= 4 is 33.4 Å². The maximum atomic E-state index is 13.4. The molecule has 0 spiro atoms. The quantitative estimate of drug-likeness (QED) is 0.388. The molecule has 1 N–H and O–H groups in total. The zero-order valence-corrected chi connectivity index (χ0v) is 17.0. The van der Waals surface area contributed by atoms with Crippen molar-refractivity contribution in [3.05, 3.63) is 95.6 Å². The summed E-state index contributed by atoms with van der Waals surface area (Å²) in [5, 5.41) is 6.59. The summed E-state index contributed by atoms with van der Waals surface area (Å²) in [6.07, 6.45) is 0.364. The van der Waals surface area contributed by atoms with Crippen molar-refractivity contribution in [3.8, 4) is 0 Å². The lowest BCUT2D eigenvalue weighted by molar-refractivity contribution is -0.142. The second-order valence-corrected chi connectivity index (χ2v) is 7.44. The zero-order valence-electron chi connectivity index (χ0n) is 17.0. The fourth-order valence-corrected chi connectivity index (χ4v) is 3.90. The maximum absolute atomic E-state index is 13.4. The molecule has 4 rings (SSSR count). The Morgan fingerprint density at radius 1 is 0.867 bits per heavy atom. The molecule has 4 heteroatoms. The summed E-state index contributed by atoms with van der Waals surface area (Å²) in [6, 6.07) is 24.8. The van der Waals surface area contributed by atoms with Crippen LogP contribution >= 0.6 is 0 Å². The van der Waals surface area contributed by atoms with E-state index in [1.165, 1.54) is 7.11 Å². The fourth-order valence-electron chi connectivity index (χ4n) is 3.90. The SMILES string of the molecule is COC(=O)[C@H](Cc1cccc(C)c1)NC(=O)c1c2ccccc2cc2ccccc12. The molecule has 0 aliphatic carbocycles. The van der Waals surface area contributed by atoms with Gasteiger partial charge in [0.15, 0.2) is 0 Å². The highest BCUT2D eigenvalue weighted by molar-refractivity contribution is 6.18. The molecule has 0 aliphatic rings. The highest BCUT2D eigenvalue weighted by atomic mass is 16.5. The zero-order chi connectivity index (χ0) is 21.1. The van der Waals surface area contributed by atoms with Crippen molar-refractivity contribution in [2.45, 2.75) is 19.4 Å². The van der Waals surface area contributed by atoms with Gasteiger partial charge in [0.05, 0.1) is 12.7 Å². The lowest BCUT2D eigenvalue weighted by Crippen LogP contribution is -2.43. The van der Waals surface area contributed by atoms with E-state index in [1.807, 2.05) is 79.7 Å². The molecule has 1 amide bonds. The highest BCUT2D eigenvalue weighted by Crippen LogP contribution is 2.28. The molecule has 0 saturated heterocycles. The Bertz CT molecular complexity index is 1190. The average molecular weight is 397 g/mol. The van der Waals surface area contributed by atoms with Gasteiger partial charge in [-0.1, -0.05) is 78.4 Å². The second kappa shape index (κ2) is 8.37. The Hall–Kier alpha value is -3.66. The van der Waals surface area contributed by atoms with E-state index < -0.39 is 12.0 Å². The minimum absolute atomic E-state index is 0.286. The number of benzene rings is 4. The van der Waals surface area contributed by atoms with Crippen LogP contribution in [-0.4, -0.2) is 25.0 Å². The standard InChI is InChI=1S/C26H23NO3/c1-17-8-7-9-18(14-17)15-23(26(29)30-2)27-25(28)24-21-12-5-3-10-19(21)16-20-11-4-6-13-22(20)24/h3-14,16,23H,15H2,1-2H3,(H,27,28)/t23-/m0/s1. The number of ether oxygens (including phenoxy) is 1. The monoisotopic (exact) mass is 397 g/mol. The Kier molecular flexibility index (Phi) is 5.48. The number of esters is 1. The van der Waals surface area contributed by atoms with Crippen LogP contribution in [0.4, 0.5) is 0 Å². The Morgan fingerprint density at radius 2 is 1.50 bits per heavy atom. The van der Waals surface area contributed by atoms with E-state index in [2.05, 4.69) is 11.4 Å². The van der Waals surface area contributed by atoms with Gasteiger partial charge < -0.3 is 10.1 Å². The van der Waals surface area contributed by atoms with E-state index in [0.717, 1.165) is 32.7 Å². The van der Waals surface area contributed by atoms with Gasteiger partial charge in [-0.2, -0.15) is 0 Å². The summed E-state index contributed by atoms with van der Waals surface area (Å²) < 4.78 is 4.97. The van der Waals surface area contributed by atoms with E-state index in [9.17, 15) is 9.59 Å². The topological polar surface area (TPSA) is 55.4 Å². The summed E-state index contributed by atoms with van der Waals surface area (Å²) in [5.41, 5.74) is 2.64. The van der Waals surface area contributed by atoms with Crippen LogP contribution < -0.4 is 5.32 Å². The molecule has 0 fully saturated rings. The predicted molar refractivity (Wildman–Crippen MR) is 120 cm³/mol. The third kappa shape index (κ3) is 3.90. The molecule has 0 radical (unpaired) electrons. The molecule has 0 heterocycles. The third-order valence-electron chi connectivity index (χ3n) is 5.31. The molecule has 0 unspecified atom stereocenters. The number of amides is 1. The van der Waals surface area contributed by atoms with E-state index in [-0.39, 0.29) is 5.91 Å². The molecular weight excluding hydrogens is 374 g/mol. The Labute approximate surface area is 175 Å². The Balaban J connectivity index is 1.75. The smallest absolute Gasteiger partial charge is 0.328 e. The first kappa shape index (κ1) is 19.6. The molecule has 4 aromatic rings. The first-order valence-electron chi connectivity index (χ1n) is 9.91. The fraction of sp³-hybridized carbons (Fsp3) is 0.154. The number of methoxy groups -OCH3 is 1. The van der Waals surface area contributed by atoms with Crippen LogP contribution in [-0.2, 0) is 16.0 Å². The van der Waals surface area contributed by atoms with E-state index >= 15 is 0 Å². The highest BCUT2D eigenvalue weighted by Gasteiger charge is 2.24. The molecule has 30 heavy (non-hydrogen) atoms. The lowest BCUT2D eigenvalue weighted by Gasteiger charge is -2.18. The van der Waals surface area contributed by atoms with Crippen LogP contribution in [0.15, 0.2) is 78.9 Å². The van der Waals surface area contributed by atoms with Gasteiger partial charge in [-0.3, -0.25) is 4.79 Å². The number of hydrogen-bond acceptors (Lipinski definition) is 3. The number of fused-ring (bicyclic) bond motifs is 2. The number of nitrogens with one attached hydrogen (secondary N) is 1. The summed E-state index contributed by atoms with van der Waals surface area (Å²) in [4.78, 5) is 25.9. The predicted octanol–water partition coefficient (Wildman–Crippen LogP) is 4.82. The molecule has 0 aliphatic heterocycles. The van der Waals surface area contributed by atoms with Gasteiger partial charge in [-0.05, 0) is 40.1 Å². The number of aryl methyl sites for hydroxylation is 1. The molecule has 0 saturated carbocycles. The van der Waals surface area contributed by atoms with E-state index in [4.69, 9.17) is 4.74 Å². The summed E-state index contributed by atoms with van der Waals surface area (Å²) in [5.74, 6) is -0.750. The van der Waals surface area contributed by atoms with E-state index in [1.54, 1.807) is 0 Å². The van der Waals surface area contributed by atoms with Gasteiger partial charge >= 0.3 is 5.97 Å². The number of hydrogen-bond donors (Lipinski definition) is 1. The molecule has 4 aromatic carbocycles. The summed E-state index contributed by atoms with van der Waals surface area (Å²) in [7, 11) is 1.34. The van der Waals surface area contributed by atoms with Crippen molar-refractivity contribution < 1.29 is 14.3 Å². The van der Waals surface area contributed by atoms with Crippen LogP contribution in [0.25, 0.3) is 21.5 Å². The normalized spacial score (nSPS) is 11.9. The van der Waals surface area contributed by atoms with Gasteiger partial charge in [-0.25, -0.2) is 4.79 Å². The van der Waals surface area contributed by atoms with Crippen LogP contribution in [0.5, 0.6) is 0 Å². The average Bonchev–Trinajstić information content (AvgIpc) is 2.76. The van der Waals surface area contributed by atoms with Gasteiger partial charge in [-0.15, -0.1) is 0 Å². The molecule has 4 nitrogen and oxygen atoms in total. The largest absolute Gasteiger partial charge is 0.467 e. The summed E-state index contributed by atoms with van der Waals surface area (Å²) >= 11 is 0. The van der Waals surface area contributed by atoms with Crippen LogP contribution in [0.1, 0.15) is 21.5 Å². The van der Waals surface area contributed by atoms with Crippen LogP contribution in [0.2, 0.25) is 0 Å². The van der Waals surface area contributed by atoms with Crippen LogP contribution in [0.3, 0.4) is 0 Å². The first-order valence-corrected chi connectivity index (χ1v) is 9.91. The van der Waals surface area contributed by atoms with Crippen LogP contribution in [0, 0.1) is 6.92 Å². The Morgan fingerprint density at radius 3 is 2.10 bits per heavy atom. The molecule has 0 bridgehead atoms. The van der Waals surface area contributed by atoms with Crippen molar-refractivity contribution in [2.24, 2.45) is 0 Å². The molecular formula is C26H23NO3. The first-order chi connectivity index (χ1) is 14.6. The van der Waals surface area contributed by atoms with Crippen molar-refractivity contribution in [1.29, 1.82) is 0 Å². The van der Waals surface area contributed by atoms with Crippen molar-refractivity contribution in [3.63, 3.8) is 0 Å². The minimum Gasteiger partial charge on any atom is -0.467 e. The lowest BCUT2D eigenvalue weighted by atomic mass is 9.95. The van der Waals surface area contributed by atoms with Gasteiger partial charge in [0, 0.05) is 6.42 Å². The number of carbonyl (C=O) groups is 2. The summed E-state index contributed by atoms with van der Waals surface area (Å²) in [6.45, 7) is 2.00. The maximum Gasteiger partial charge on any atom is 0.328 e. The molecule has 150 valence electrons. The third-order valence-corrected chi connectivity index (χ3v) is 5.31. The molecule has 0 aromatic heterocycles. The minimum atomic E-state index is -0.776. The van der Waals surface area contributed by atoms with E-state index in [0.29, 0.717) is 12.0 Å². The second-order valence-electron chi connectivity index (χ2n) is 7.44. The van der Waals surface area contributed by atoms with Gasteiger partial charge in [0.25, 0.3) is 5.91 Å². The number of rotatable bonds is 5. The number of carbonyl (C=O) groups excluding carboxylic acids is 2. The van der Waals surface area contributed by atoms with Gasteiger partial charge in [0.1, 0.15) is 6.04 Å².